The molecule has 0 bridgehead atoms. The van der Waals surface area contributed by atoms with E-state index in [1.165, 1.54) is 18.2 Å². The van der Waals surface area contributed by atoms with Crippen LogP contribution in [-0.2, 0) is 26.0 Å². The summed E-state index contributed by atoms with van der Waals surface area (Å²) in [6.07, 6.45) is 0.938. The Balaban J connectivity index is 1.77. The molecule has 2 N–H and O–H groups in total. The van der Waals surface area contributed by atoms with Crippen molar-refractivity contribution in [3.8, 4) is 0 Å². The van der Waals surface area contributed by atoms with Crippen LogP contribution in [0.15, 0.2) is 59.5 Å². The highest BCUT2D eigenvalue weighted by atomic mass is 35.5. The number of carbonyl (C=O) groups is 2. The molecule has 1 aliphatic heterocycles. The summed E-state index contributed by atoms with van der Waals surface area (Å²) in [5, 5.41) is 12.3. The first-order valence-electron chi connectivity index (χ1n) is 9.13. The zero-order chi connectivity index (χ0) is 21.0. The van der Waals surface area contributed by atoms with E-state index in [1.54, 1.807) is 30.3 Å². The van der Waals surface area contributed by atoms with E-state index in [1.807, 2.05) is 6.07 Å². The summed E-state index contributed by atoms with van der Waals surface area (Å²) in [6, 6.07) is 12.7. The molecular formula is C20H21ClN2O5S. The summed E-state index contributed by atoms with van der Waals surface area (Å²) in [5.74, 6) is -1.79. The number of aliphatic carboxylic acids is 1. The van der Waals surface area contributed by atoms with Gasteiger partial charge < -0.3 is 10.4 Å². The Hall–Kier alpha value is -2.42. The second-order valence-electron chi connectivity index (χ2n) is 6.82. The molecule has 1 heterocycles. The number of carbonyl (C=O) groups excluding carboxylic acids is 1. The summed E-state index contributed by atoms with van der Waals surface area (Å²) in [5.41, 5.74) is 0.759. The summed E-state index contributed by atoms with van der Waals surface area (Å²) >= 11 is 5.91. The first-order valence-corrected chi connectivity index (χ1v) is 11.0. The van der Waals surface area contributed by atoms with Crippen LogP contribution < -0.4 is 5.32 Å². The molecule has 0 aromatic heterocycles. The van der Waals surface area contributed by atoms with Crippen LogP contribution in [0.5, 0.6) is 0 Å². The van der Waals surface area contributed by atoms with Crippen LogP contribution in [0.25, 0.3) is 0 Å². The number of sulfonamides is 1. The van der Waals surface area contributed by atoms with Gasteiger partial charge in [-0.2, -0.15) is 4.31 Å². The average molecular weight is 437 g/mol. The smallest absolute Gasteiger partial charge is 0.326 e. The van der Waals surface area contributed by atoms with Gasteiger partial charge in [0.15, 0.2) is 0 Å². The number of nitrogens with one attached hydrogen (secondary N) is 1. The van der Waals surface area contributed by atoms with Crippen LogP contribution in [-0.4, -0.2) is 48.3 Å². The number of rotatable bonds is 7. The zero-order valence-electron chi connectivity index (χ0n) is 15.5. The minimum atomic E-state index is -3.93. The maximum atomic E-state index is 13.0. The molecule has 0 saturated carbocycles. The van der Waals surface area contributed by atoms with Crippen molar-refractivity contribution in [2.75, 3.05) is 6.54 Å². The Kier molecular flexibility index (Phi) is 6.56. The minimum absolute atomic E-state index is 0.00349. The number of halogens is 1. The fourth-order valence-electron chi connectivity index (χ4n) is 3.37. The minimum Gasteiger partial charge on any atom is -0.480 e. The van der Waals surface area contributed by atoms with Gasteiger partial charge >= 0.3 is 5.97 Å². The number of nitrogens with zero attached hydrogens (tertiary/aromatic N) is 1. The van der Waals surface area contributed by atoms with Crippen LogP contribution in [0, 0.1) is 0 Å². The third-order valence-electron chi connectivity index (χ3n) is 4.81. The summed E-state index contributed by atoms with van der Waals surface area (Å²) in [7, 11) is -3.93. The molecular weight excluding hydrogens is 416 g/mol. The molecule has 154 valence electrons. The highest BCUT2D eigenvalue weighted by Crippen LogP contribution is 2.27. The van der Waals surface area contributed by atoms with E-state index < -0.39 is 34.0 Å². The molecule has 1 fully saturated rings. The highest BCUT2D eigenvalue weighted by molar-refractivity contribution is 7.89. The normalized spacial score (nSPS) is 18.3. The molecule has 9 heteroatoms. The molecule has 1 amide bonds. The second kappa shape index (κ2) is 8.94. The second-order valence-corrected chi connectivity index (χ2v) is 9.15. The molecule has 1 aliphatic rings. The van der Waals surface area contributed by atoms with Crippen LogP contribution in [0.3, 0.4) is 0 Å². The van der Waals surface area contributed by atoms with E-state index in [2.05, 4.69) is 5.32 Å². The van der Waals surface area contributed by atoms with Crippen molar-refractivity contribution in [1.29, 1.82) is 0 Å². The first kappa shape index (κ1) is 21.3. The Morgan fingerprint density at radius 1 is 1.17 bits per heavy atom. The van der Waals surface area contributed by atoms with Gasteiger partial charge in [-0.3, -0.25) is 4.79 Å². The maximum Gasteiger partial charge on any atom is 0.326 e. The summed E-state index contributed by atoms with van der Waals surface area (Å²) in [4.78, 5) is 24.4. The lowest BCUT2D eigenvalue weighted by Gasteiger charge is -2.25. The first-order chi connectivity index (χ1) is 13.8. The SMILES string of the molecule is O=C(O)[C@H](Cc1ccccc1)NC(=O)[C@@H]1CCCN1S(=O)(=O)c1cccc(Cl)c1. The van der Waals surface area contributed by atoms with E-state index in [0.717, 1.165) is 9.87 Å². The Morgan fingerprint density at radius 2 is 1.90 bits per heavy atom. The van der Waals surface area contributed by atoms with Crippen LogP contribution in [0.2, 0.25) is 5.02 Å². The van der Waals surface area contributed by atoms with Crippen molar-refractivity contribution in [1.82, 2.24) is 9.62 Å². The van der Waals surface area contributed by atoms with Crippen molar-refractivity contribution in [2.24, 2.45) is 0 Å². The summed E-state index contributed by atoms with van der Waals surface area (Å²) in [6.45, 7) is 0.184. The molecule has 0 radical (unpaired) electrons. The topological polar surface area (TPSA) is 104 Å². The van der Waals surface area contributed by atoms with Crippen molar-refractivity contribution < 1.29 is 23.1 Å². The van der Waals surface area contributed by atoms with E-state index in [9.17, 15) is 23.1 Å². The van der Waals surface area contributed by atoms with Gasteiger partial charge in [-0.15, -0.1) is 0 Å². The molecule has 3 rings (SSSR count). The molecule has 2 aromatic carbocycles. The lowest BCUT2D eigenvalue weighted by atomic mass is 10.1. The van der Waals surface area contributed by atoms with Crippen LogP contribution in [0.1, 0.15) is 18.4 Å². The number of hydrogen-bond acceptors (Lipinski definition) is 4. The summed E-state index contributed by atoms with van der Waals surface area (Å²) < 4.78 is 27.1. The van der Waals surface area contributed by atoms with Gasteiger partial charge in [-0.05, 0) is 36.6 Å². The van der Waals surface area contributed by atoms with Crippen LogP contribution in [0.4, 0.5) is 0 Å². The van der Waals surface area contributed by atoms with E-state index in [4.69, 9.17) is 11.6 Å². The molecule has 2 aromatic rings. The molecule has 2 atom stereocenters. The Labute approximate surface area is 174 Å². The standard InChI is InChI=1S/C20H21ClN2O5S/c21-15-8-4-9-16(13-15)29(27,28)23-11-5-10-18(23)19(24)22-17(20(25)26)12-14-6-2-1-3-7-14/h1-4,6-9,13,17-18H,5,10-12H2,(H,22,24)(H,25,26)/t17-,18-/m0/s1. The van der Waals surface area contributed by atoms with Gasteiger partial charge in [0, 0.05) is 18.0 Å². The number of amides is 1. The van der Waals surface area contributed by atoms with Crippen molar-refractivity contribution in [3.05, 3.63) is 65.2 Å². The lowest BCUT2D eigenvalue weighted by molar-refractivity contribution is -0.142. The van der Waals surface area contributed by atoms with Gasteiger partial charge in [0.05, 0.1) is 4.90 Å². The number of hydrogen-bond donors (Lipinski definition) is 2. The fourth-order valence-corrected chi connectivity index (χ4v) is 5.33. The monoisotopic (exact) mass is 436 g/mol. The molecule has 7 nitrogen and oxygen atoms in total. The van der Waals surface area contributed by atoms with E-state index >= 15 is 0 Å². The maximum absolute atomic E-state index is 13.0. The molecule has 1 saturated heterocycles. The van der Waals surface area contributed by atoms with Crippen molar-refractivity contribution >= 4 is 33.5 Å². The van der Waals surface area contributed by atoms with Gasteiger partial charge in [0.25, 0.3) is 0 Å². The Morgan fingerprint density at radius 3 is 2.55 bits per heavy atom. The number of carboxylic acids is 1. The average Bonchev–Trinajstić information content (AvgIpc) is 3.19. The van der Waals surface area contributed by atoms with E-state index in [0.29, 0.717) is 12.8 Å². The molecule has 0 unspecified atom stereocenters. The van der Waals surface area contributed by atoms with Gasteiger partial charge in [0.2, 0.25) is 15.9 Å². The number of benzene rings is 2. The zero-order valence-corrected chi connectivity index (χ0v) is 17.1. The number of carboxylic acid groups (broad SMARTS) is 1. The molecule has 0 spiro atoms. The van der Waals surface area contributed by atoms with Gasteiger partial charge in [0.1, 0.15) is 12.1 Å². The van der Waals surface area contributed by atoms with Gasteiger partial charge in [-0.25, -0.2) is 13.2 Å². The van der Waals surface area contributed by atoms with E-state index in [-0.39, 0.29) is 22.9 Å². The lowest BCUT2D eigenvalue weighted by Crippen LogP contribution is -2.51. The van der Waals surface area contributed by atoms with Crippen LogP contribution >= 0.6 is 11.6 Å². The predicted molar refractivity (Wildman–Crippen MR) is 108 cm³/mol. The predicted octanol–water partition coefficient (Wildman–Crippen LogP) is 2.31. The third-order valence-corrected chi connectivity index (χ3v) is 6.95. The largest absolute Gasteiger partial charge is 0.480 e. The molecule has 0 aliphatic carbocycles. The quantitative estimate of drug-likeness (QED) is 0.693. The molecule has 29 heavy (non-hydrogen) atoms. The van der Waals surface area contributed by atoms with Crippen molar-refractivity contribution in [2.45, 2.75) is 36.2 Å². The third kappa shape index (κ3) is 4.95. The Bertz CT molecular complexity index is 997. The van der Waals surface area contributed by atoms with Crippen molar-refractivity contribution in [3.63, 3.8) is 0 Å². The fraction of sp³-hybridized carbons (Fsp3) is 0.300. The highest BCUT2D eigenvalue weighted by Gasteiger charge is 2.40. The van der Waals surface area contributed by atoms with Gasteiger partial charge in [-0.1, -0.05) is 48.0 Å².